The predicted octanol–water partition coefficient (Wildman–Crippen LogP) is 3.01. The van der Waals surface area contributed by atoms with Crippen LogP contribution in [0.4, 0.5) is 17.6 Å². The summed E-state index contributed by atoms with van der Waals surface area (Å²) >= 11 is 0. The van der Waals surface area contributed by atoms with E-state index >= 15 is 0 Å². The summed E-state index contributed by atoms with van der Waals surface area (Å²) in [7, 11) is -5.28. The largest absolute Gasteiger partial charge is 0.403 e. The molecule has 17 heavy (non-hydrogen) atoms. The highest BCUT2D eigenvalue weighted by Gasteiger charge is 2.52. The second-order valence-electron chi connectivity index (χ2n) is 4.44. The second kappa shape index (κ2) is 5.24. The zero-order valence-electron chi connectivity index (χ0n) is 9.03. The van der Waals surface area contributed by atoms with E-state index in [0.717, 1.165) is 0 Å². The van der Waals surface area contributed by atoms with Crippen molar-refractivity contribution in [3.05, 3.63) is 0 Å². The molecular weight excluding hydrogens is 263 g/mol. The number of hydrogen-bond acceptors (Lipinski definition) is 1. The third-order valence-electron chi connectivity index (χ3n) is 3.13. The molecule has 1 fully saturated rings. The molecule has 1 aliphatic rings. The van der Waals surface area contributed by atoms with E-state index in [1.165, 1.54) is 0 Å². The average molecular weight is 278 g/mol. The average Bonchev–Trinajstić information content (AvgIpc) is 2.12. The second-order valence-corrected chi connectivity index (χ2v) is 6.24. The molecule has 0 aromatic heterocycles. The number of rotatable bonds is 3. The van der Waals surface area contributed by atoms with Crippen molar-refractivity contribution in [1.29, 1.82) is 0 Å². The van der Waals surface area contributed by atoms with E-state index in [4.69, 9.17) is 9.79 Å². The Labute approximate surface area is 96.4 Å². The maximum atomic E-state index is 13.4. The fraction of sp³-hybridized carbons (Fsp3) is 1.00. The van der Waals surface area contributed by atoms with Crippen molar-refractivity contribution in [3.8, 4) is 0 Å². The first kappa shape index (κ1) is 14.9. The quantitative estimate of drug-likeness (QED) is 0.616. The normalized spacial score (nSPS) is 29.1. The topological polar surface area (TPSA) is 57.5 Å². The molecule has 3 nitrogen and oxygen atoms in total. The first-order valence-corrected chi connectivity index (χ1v) is 7.06. The summed E-state index contributed by atoms with van der Waals surface area (Å²) in [6.07, 6.45) is -5.55. The maximum absolute atomic E-state index is 13.4. The van der Waals surface area contributed by atoms with Crippen molar-refractivity contribution in [2.24, 2.45) is 5.92 Å². The van der Waals surface area contributed by atoms with Gasteiger partial charge in [0.25, 0.3) is 0 Å². The van der Waals surface area contributed by atoms with Gasteiger partial charge in [-0.1, -0.05) is 12.8 Å². The molecule has 0 aliphatic heterocycles. The molecule has 0 heterocycles. The summed E-state index contributed by atoms with van der Waals surface area (Å²) in [6.45, 7) is 0. The van der Waals surface area contributed by atoms with Gasteiger partial charge in [-0.15, -0.1) is 0 Å². The molecule has 0 amide bonds. The summed E-state index contributed by atoms with van der Waals surface area (Å²) < 4.78 is 61.6. The third kappa shape index (κ3) is 4.23. The SMILES string of the molecule is O=P(O)(O)C(CC1CCCCC1F)C(F)(F)F. The highest BCUT2D eigenvalue weighted by atomic mass is 31.2. The van der Waals surface area contributed by atoms with Gasteiger partial charge in [-0.3, -0.25) is 4.57 Å². The van der Waals surface area contributed by atoms with Crippen LogP contribution in [0, 0.1) is 5.92 Å². The fourth-order valence-electron chi connectivity index (χ4n) is 2.18. The monoisotopic (exact) mass is 278 g/mol. The first-order valence-electron chi connectivity index (χ1n) is 5.38. The fourth-order valence-corrected chi connectivity index (χ4v) is 3.10. The van der Waals surface area contributed by atoms with Crippen LogP contribution in [-0.4, -0.2) is 27.8 Å². The molecule has 1 aliphatic carbocycles. The minimum Gasteiger partial charge on any atom is -0.324 e. The van der Waals surface area contributed by atoms with Gasteiger partial charge in [0.15, 0.2) is 5.66 Å². The van der Waals surface area contributed by atoms with Gasteiger partial charge >= 0.3 is 13.8 Å². The van der Waals surface area contributed by atoms with Crippen LogP contribution in [0.1, 0.15) is 32.1 Å². The number of hydrogen-bond donors (Lipinski definition) is 2. The lowest BCUT2D eigenvalue weighted by Crippen LogP contribution is -2.34. The number of halogens is 4. The zero-order valence-corrected chi connectivity index (χ0v) is 9.92. The highest BCUT2D eigenvalue weighted by Crippen LogP contribution is 2.53. The van der Waals surface area contributed by atoms with E-state index in [1.54, 1.807) is 0 Å². The van der Waals surface area contributed by atoms with Crippen molar-refractivity contribution in [1.82, 2.24) is 0 Å². The first-order chi connectivity index (χ1) is 7.62. The Balaban J connectivity index is 2.76. The molecule has 1 rings (SSSR count). The van der Waals surface area contributed by atoms with Crippen LogP contribution in [0.5, 0.6) is 0 Å². The summed E-state index contributed by atoms with van der Waals surface area (Å²) in [5, 5.41) is 0. The molecule has 2 N–H and O–H groups in total. The number of alkyl halides is 4. The third-order valence-corrected chi connectivity index (χ3v) is 4.44. The van der Waals surface area contributed by atoms with E-state index < -0.39 is 37.9 Å². The van der Waals surface area contributed by atoms with Gasteiger partial charge in [0.1, 0.15) is 6.17 Å². The summed E-state index contributed by atoms with van der Waals surface area (Å²) in [5.41, 5.74) is -2.74. The van der Waals surface area contributed by atoms with Gasteiger partial charge in [-0.25, -0.2) is 4.39 Å². The van der Waals surface area contributed by atoms with Crippen LogP contribution in [0.3, 0.4) is 0 Å². The Morgan fingerprint density at radius 3 is 2.18 bits per heavy atom. The van der Waals surface area contributed by atoms with Crippen LogP contribution in [0.15, 0.2) is 0 Å². The van der Waals surface area contributed by atoms with Crippen molar-refractivity contribution >= 4 is 7.60 Å². The van der Waals surface area contributed by atoms with Crippen LogP contribution in [0.2, 0.25) is 0 Å². The molecule has 0 saturated heterocycles. The molecule has 0 bridgehead atoms. The molecule has 3 atom stereocenters. The van der Waals surface area contributed by atoms with Crippen LogP contribution < -0.4 is 0 Å². The molecule has 102 valence electrons. The summed E-state index contributed by atoms with van der Waals surface area (Å²) in [4.78, 5) is 17.4. The molecule has 0 radical (unpaired) electrons. The van der Waals surface area contributed by atoms with Gasteiger partial charge in [0.2, 0.25) is 0 Å². The molecule has 0 aromatic rings. The summed E-state index contributed by atoms with van der Waals surface area (Å²) in [6, 6.07) is 0. The van der Waals surface area contributed by atoms with Gasteiger partial charge in [-0.05, 0) is 25.2 Å². The Morgan fingerprint density at radius 1 is 1.24 bits per heavy atom. The van der Waals surface area contributed by atoms with Crippen molar-refractivity contribution < 1.29 is 31.9 Å². The van der Waals surface area contributed by atoms with E-state index in [0.29, 0.717) is 12.8 Å². The Bertz CT molecular complexity index is 301. The maximum Gasteiger partial charge on any atom is 0.403 e. The lowest BCUT2D eigenvalue weighted by atomic mass is 9.84. The predicted molar refractivity (Wildman–Crippen MR) is 53.4 cm³/mol. The minimum absolute atomic E-state index is 0.177. The Hall–Kier alpha value is -0.130. The smallest absolute Gasteiger partial charge is 0.324 e. The van der Waals surface area contributed by atoms with Gasteiger partial charge in [-0.2, -0.15) is 13.2 Å². The molecule has 8 heteroatoms. The van der Waals surface area contributed by atoms with Crippen molar-refractivity contribution in [2.75, 3.05) is 0 Å². The minimum atomic E-state index is -5.28. The van der Waals surface area contributed by atoms with Gasteiger partial charge < -0.3 is 9.79 Å². The highest BCUT2D eigenvalue weighted by molar-refractivity contribution is 7.52. The van der Waals surface area contributed by atoms with E-state index in [2.05, 4.69) is 0 Å². The van der Waals surface area contributed by atoms with Crippen molar-refractivity contribution in [2.45, 2.75) is 50.1 Å². The molecular formula is C9H15F4O3P. The standard InChI is InChI=1S/C9H15F4O3P/c10-7-4-2-1-3-6(7)5-8(9(11,12)13)17(14,15)16/h6-8H,1-5H2,(H2,14,15,16). The lowest BCUT2D eigenvalue weighted by molar-refractivity contribution is -0.139. The zero-order chi connectivity index (χ0) is 13.3. The lowest BCUT2D eigenvalue weighted by Gasteiger charge is -2.30. The molecule has 0 spiro atoms. The van der Waals surface area contributed by atoms with Crippen LogP contribution in [-0.2, 0) is 4.57 Å². The van der Waals surface area contributed by atoms with E-state index in [-0.39, 0.29) is 12.8 Å². The molecule has 1 saturated carbocycles. The van der Waals surface area contributed by atoms with Crippen molar-refractivity contribution in [3.63, 3.8) is 0 Å². The van der Waals surface area contributed by atoms with E-state index in [1.807, 2.05) is 0 Å². The molecule has 0 aromatic carbocycles. The van der Waals surface area contributed by atoms with Gasteiger partial charge in [0.05, 0.1) is 0 Å². The van der Waals surface area contributed by atoms with E-state index in [9.17, 15) is 22.1 Å². The van der Waals surface area contributed by atoms with Gasteiger partial charge in [0, 0.05) is 0 Å². The Kier molecular flexibility index (Phi) is 4.60. The van der Waals surface area contributed by atoms with Crippen LogP contribution >= 0.6 is 7.60 Å². The summed E-state index contributed by atoms with van der Waals surface area (Å²) in [5.74, 6) is -0.900. The molecule has 3 unspecified atom stereocenters. The Morgan fingerprint density at radius 2 is 1.76 bits per heavy atom. The van der Waals surface area contributed by atoms with Crippen LogP contribution in [0.25, 0.3) is 0 Å².